The Morgan fingerprint density at radius 1 is 0.421 bits per heavy atom. The van der Waals surface area contributed by atoms with E-state index in [1.165, 1.54) is 50.8 Å². The predicted octanol–water partition coefficient (Wildman–Crippen LogP) is 8.08. The van der Waals surface area contributed by atoms with Crippen LogP contribution >= 0.6 is 15.8 Å². The van der Waals surface area contributed by atoms with Gasteiger partial charge in [0.1, 0.15) is 0 Å². The Kier molecular flexibility index (Phi) is 8.71. The molecule has 6 rings (SSSR count). The maximum absolute atomic E-state index is 2.39. The summed E-state index contributed by atoms with van der Waals surface area (Å²) < 4.78 is 0. The number of hydrogen-bond donors (Lipinski definition) is 0. The van der Waals surface area contributed by atoms with E-state index >= 15 is 0 Å². The molecule has 0 spiro atoms. The van der Waals surface area contributed by atoms with Gasteiger partial charge in [-0.1, -0.05) is 147 Å². The van der Waals surface area contributed by atoms with Crippen LogP contribution in [-0.2, 0) is 0 Å². The number of benzene rings is 4. The van der Waals surface area contributed by atoms with Crippen LogP contribution in [0.1, 0.15) is 38.5 Å². The van der Waals surface area contributed by atoms with Gasteiger partial charge in [0.25, 0.3) is 0 Å². The van der Waals surface area contributed by atoms with Crippen LogP contribution in [0.15, 0.2) is 121 Å². The van der Waals surface area contributed by atoms with E-state index in [-0.39, 0.29) is 15.8 Å². The Hall–Kier alpha value is -2.26. The Labute approximate surface area is 232 Å². The lowest BCUT2D eigenvalue weighted by molar-refractivity contribution is 0.0977. The minimum atomic E-state index is -0.351. The molecular formula is C36H40P2. The van der Waals surface area contributed by atoms with Crippen LogP contribution in [0.5, 0.6) is 0 Å². The molecule has 0 radical (unpaired) electrons. The molecule has 2 saturated carbocycles. The van der Waals surface area contributed by atoms with E-state index in [2.05, 4.69) is 121 Å². The minimum Gasteiger partial charge on any atom is -0.0622 e. The SMILES string of the molecule is c1ccc(P(CC2CC3CCCCC3CC2CP(c2ccccc2)c2ccccc2)c2ccccc2)cc1. The van der Waals surface area contributed by atoms with Crippen molar-refractivity contribution in [3.63, 3.8) is 0 Å². The van der Waals surface area contributed by atoms with E-state index in [0.717, 1.165) is 23.7 Å². The largest absolute Gasteiger partial charge is 0.0622 e. The zero-order valence-electron chi connectivity index (χ0n) is 22.4. The third-order valence-corrected chi connectivity index (χ3v) is 14.4. The van der Waals surface area contributed by atoms with Gasteiger partial charge in [0.2, 0.25) is 0 Å². The smallest absolute Gasteiger partial charge is 0.0195 e. The molecule has 0 heterocycles. The summed E-state index contributed by atoms with van der Waals surface area (Å²) in [4.78, 5) is 0. The Morgan fingerprint density at radius 3 is 1.00 bits per heavy atom. The van der Waals surface area contributed by atoms with E-state index in [9.17, 15) is 0 Å². The third-order valence-electron chi connectivity index (χ3n) is 9.05. The summed E-state index contributed by atoms with van der Waals surface area (Å²) in [5.74, 6) is 3.51. The van der Waals surface area contributed by atoms with Gasteiger partial charge in [0.15, 0.2) is 0 Å². The molecular weight excluding hydrogens is 494 g/mol. The highest BCUT2D eigenvalue weighted by Gasteiger charge is 2.40. The second kappa shape index (κ2) is 12.7. The molecule has 0 amide bonds. The molecule has 4 aromatic rings. The summed E-state index contributed by atoms with van der Waals surface area (Å²) in [5.41, 5.74) is 0. The normalized spacial score (nSPS) is 23.3. The topological polar surface area (TPSA) is 0 Å². The first-order valence-electron chi connectivity index (χ1n) is 14.6. The van der Waals surface area contributed by atoms with E-state index in [0.29, 0.717) is 0 Å². The standard InChI is InChI=1S/C36H40P2/c1-5-17-33(18-6-1)37(34-19-7-2-8-20-34)27-31-25-29-15-13-14-16-30(29)26-32(31)28-38(35-21-9-3-10-22-35)36-23-11-4-12-24-36/h1-12,17-24,29-32H,13-16,25-28H2. The molecule has 38 heavy (non-hydrogen) atoms. The Balaban J connectivity index is 1.34. The van der Waals surface area contributed by atoms with E-state index < -0.39 is 0 Å². The van der Waals surface area contributed by atoms with Crippen molar-refractivity contribution in [3.05, 3.63) is 121 Å². The van der Waals surface area contributed by atoms with Crippen molar-refractivity contribution < 1.29 is 0 Å². The molecule has 0 nitrogen and oxygen atoms in total. The van der Waals surface area contributed by atoms with Crippen molar-refractivity contribution in [2.75, 3.05) is 12.3 Å². The number of hydrogen-bond acceptors (Lipinski definition) is 0. The Bertz CT molecular complexity index is 1060. The number of rotatable bonds is 8. The van der Waals surface area contributed by atoms with Crippen LogP contribution in [0.4, 0.5) is 0 Å². The first kappa shape index (κ1) is 26.0. The zero-order valence-corrected chi connectivity index (χ0v) is 24.2. The zero-order chi connectivity index (χ0) is 25.6. The highest BCUT2D eigenvalue weighted by atomic mass is 31.1. The van der Waals surface area contributed by atoms with Gasteiger partial charge < -0.3 is 0 Å². The fourth-order valence-electron chi connectivity index (χ4n) is 7.14. The summed E-state index contributed by atoms with van der Waals surface area (Å²) in [5, 5.41) is 6.19. The van der Waals surface area contributed by atoms with Crippen molar-refractivity contribution in [2.24, 2.45) is 23.7 Å². The van der Waals surface area contributed by atoms with E-state index in [1.54, 1.807) is 21.2 Å². The van der Waals surface area contributed by atoms with Crippen molar-refractivity contribution >= 4 is 37.1 Å². The van der Waals surface area contributed by atoms with Gasteiger partial charge in [-0.05, 0) is 85.9 Å². The van der Waals surface area contributed by atoms with E-state index in [4.69, 9.17) is 0 Å². The minimum absolute atomic E-state index is 0.351. The fourth-order valence-corrected chi connectivity index (χ4v) is 12.5. The molecule has 4 unspecified atom stereocenters. The molecule has 2 aliphatic rings. The summed E-state index contributed by atoms with van der Waals surface area (Å²) in [7, 11) is -0.702. The molecule has 0 N–H and O–H groups in total. The quantitative estimate of drug-likeness (QED) is 0.201. The molecule has 4 atom stereocenters. The van der Waals surface area contributed by atoms with Crippen LogP contribution in [-0.4, -0.2) is 12.3 Å². The van der Waals surface area contributed by atoms with Crippen molar-refractivity contribution in [1.29, 1.82) is 0 Å². The van der Waals surface area contributed by atoms with E-state index in [1.807, 2.05) is 0 Å². The molecule has 0 aliphatic heterocycles. The van der Waals surface area contributed by atoms with Crippen LogP contribution in [0.25, 0.3) is 0 Å². The van der Waals surface area contributed by atoms with Gasteiger partial charge in [0, 0.05) is 0 Å². The fraction of sp³-hybridized carbons (Fsp3) is 0.333. The number of fused-ring (bicyclic) bond motifs is 1. The lowest BCUT2D eigenvalue weighted by Gasteiger charge is -2.46. The molecule has 0 aromatic heterocycles. The Morgan fingerprint density at radius 2 is 0.711 bits per heavy atom. The predicted molar refractivity (Wildman–Crippen MR) is 170 cm³/mol. The van der Waals surface area contributed by atoms with Gasteiger partial charge in [-0.3, -0.25) is 0 Å². The highest BCUT2D eigenvalue weighted by molar-refractivity contribution is 7.73. The molecule has 2 fully saturated rings. The van der Waals surface area contributed by atoms with Gasteiger partial charge >= 0.3 is 0 Å². The lowest BCUT2D eigenvalue weighted by atomic mass is 9.64. The van der Waals surface area contributed by atoms with Crippen molar-refractivity contribution in [2.45, 2.75) is 38.5 Å². The summed E-state index contributed by atoms with van der Waals surface area (Å²) in [6.07, 6.45) is 11.4. The second-order valence-electron chi connectivity index (χ2n) is 11.4. The monoisotopic (exact) mass is 534 g/mol. The van der Waals surface area contributed by atoms with Gasteiger partial charge in [-0.15, -0.1) is 0 Å². The summed E-state index contributed by atoms with van der Waals surface area (Å²) in [6.45, 7) is 0. The third kappa shape index (κ3) is 6.14. The average Bonchev–Trinajstić information content (AvgIpc) is 3.00. The highest BCUT2D eigenvalue weighted by Crippen LogP contribution is 2.52. The molecule has 4 aromatic carbocycles. The van der Waals surface area contributed by atoms with Gasteiger partial charge in [0.05, 0.1) is 0 Å². The van der Waals surface area contributed by atoms with Crippen LogP contribution in [0, 0.1) is 23.7 Å². The maximum Gasteiger partial charge on any atom is -0.0195 e. The molecule has 194 valence electrons. The maximum atomic E-state index is 2.39. The average molecular weight is 535 g/mol. The molecule has 0 bridgehead atoms. The molecule has 2 heteroatoms. The summed E-state index contributed by atoms with van der Waals surface area (Å²) >= 11 is 0. The first-order chi connectivity index (χ1) is 18.8. The summed E-state index contributed by atoms with van der Waals surface area (Å²) in [6, 6.07) is 45.7. The second-order valence-corrected chi connectivity index (χ2v) is 15.9. The van der Waals surface area contributed by atoms with Crippen molar-refractivity contribution in [3.8, 4) is 0 Å². The van der Waals surface area contributed by atoms with Gasteiger partial charge in [-0.2, -0.15) is 0 Å². The molecule has 0 saturated heterocycles. The van der Waals surface area contributed by atoms with Gasteiger partial charge in [-0.25, -0.2) is 0 Å². The van der Waals surface area contributed by atoms with Crippen molar-refractivity contribution in [1.82, 2.24) is 0 Å². The first-order valence-corrected chi connectivity index (χ1v) is 17.7. The van der Waals surface area contributed by atoms with Crippen LogP contribution in [0.2, 0.25) is 0 Å². The molecule has 2 aliphatic carbocycles. The lowest BCUT2D eigenvalue weighted by Crippen LogP contribution is -2.38. The van der Waals surface area contributed by atoms with Crippen LogP contribution < -0.4 is 21.2 Å². The van der Waals surface area contributed by atoms with Crippen LogP contribution in [0.3, 0.4) is 0 Å².